The smallest absolute Gasteiger partial charge is 0.292 e. The first-order chi connectivity index (χ1) is 14.2. The fourth-order valence-electron chi connectivity index (χ4n) is 4.07. The molecule has 1 saturated heterocycles. The van der Waals surface area contributed by atoms with Crippen molar-refractivity contribution in [3.8, 4) is 0 Å². The lowest BCUT2D eigenvalue weighted by Crippen LogP contribution is -2.41. The number of halogens is 1. The Labute approximate surface area is 167 Å². The van der Waals surface area contributed by atoms with Crippen LogP contribution in [-0.2, 0) is 26.6 Å². The minimum absolute atomic E-state index is 0.200. The summed E-state index contributed by atoms with van der Waals surface area (Å²) in [5.74, 6) is -1.98. The Balaban J connectivity index is 1.23. The van der Waals surface area contributed by atoms with Crippen LogP contribution >= 0.6 is 0 Å². The second-order valence-corrected chi connectivity index (χ2v) is 7.34. The van der Waals surface area contributed by atoms with Crippen LogP contribution in [0.15, 0.2) is 48.7 Å². The van der Waals surface area contributed by atoms with Gasteiger partial charge in [0.2, 0.25) is 0 Å². The van der Waals surface area contributed by atoms with Crippen molar-refractivity contribution in [2.24, 2.45) is 0 Å². The zero-order valence-electron chi connectivity index (χ0n) is 15.8. The van der Waals surface area contributed by atoms with Gasteiger partial charge in [0, 0.05) is 30.8 Å². The average Bonchev–Trinajstić information content (AvgIpc) is 3.50. The van der Waals surface area contributed by atoms with Gasteiger partial charge in [-0.1, -0.05) is 29.5 Å². The Morgan fingerprint density at radius 3 is 2.69 bits per heavy atom. The molecule has 150 valence electrons. The number of benzene rings is 1. The average molecular weight is 396 g/mol. The van der Waals surface area contributed by atoms with Crippen molar-refractivity contribution < 1.29 is 18.7 Å². The number of unbranched alkanes of at least 4 members (excludes halogenated alkanes) is 1. The van der Waals surface area contributed by atoms with Gasteiger partial charge in [0.15, 0.2) is 0 Å². The number of amides is 1. The molecule has 1 aromatic carbocycles. The van der Waals surface area contributed by atoms with E-state index in [0.29, 0.717) is 37.6 Å². The summed E-state index contributed by atoms with van der Waals surface area (Å²) >= 11 is 0. The molecule has 7 nitrogen and oxygen atoms in total. The molecule has 0 radical (unpaired) electrons. The maximum Gasteiger partial charge on any atom is 0.292 e. The highest BCUT2D eigenvalue weighted by Crippen LogP contribution is 2.46. The molecule has 1 aromatic heterocycles. The van der Waals surface area contributed by atoms with Crippen molar-refractivity contribution in [1.29, 1.82) is 0 Å². The number of hydrogen-bond acceptors (Lipinski definition) is 5. The second-order valence-electron chi connectivity index (χ2n) is 7.34. The minimum Gasteiger partial charge on any atom is -0.336 e. The molecule has 3 heterocycles. The van der Waals surface area contributed by atoms with Gasteiger partial charge < -0.3 is 14.4 Å². The molecule has 2 aromatic rings. The van der Waals surface area contributed by atoms with Crippen LogP contribution in [0.1, 0.15) is 30.0 Å². The molecule has 1 amide bonds. The van der Waals surface area contributed by atoms with Crippen molar-refractivity contribution >= 4 is 11.6 Å². The molecule has 3 aliphatic rings. The van der Waals surface area contributed by atoms with Crippen LogP contribution in [-0.4, -0.2) is 40.7 Å². The molecule has 29 heavy (non-hydrogen) atoms. The van der Waals surface area contributed by atoms with Gasteiger partial charge in [0.25, 0.3) is 11.7 Å². The van der Waals surface area contributed by atoms with E-state index in [1.54, 1.807) is 11.0 Å². The van der Waals surface area contributed by atoms with Crippen molar-refractivity contribution in [2.75, 3.05) is 24.7 Å². The molecule has 5 rings (SSSR count). The monoisotopic (exact) mass is 396 g/mol. The number of ether oxygens (including phenoxy) is 2. The minimum atomic E-state index is -1.49. The van der Waals surface area contributed by atoms with E-state index in [2.05, 4.69) is 22.5 Å². The Kier molecular flexibility index (Phi) is 4.52. The van der Waals surface area contributed by atoms with E-state index in [-0.39, 0.29) is 11.8 Å². The molecular formula is C21H21FN4O3. The summed E-state index contributed by atoms with van der Waals surface area (Å²) in [4.78, 5) is 14.7. The number of allylic oxidation sites excluding steroid dienone is 4. The maximum absolute atomic E-state index is 13.8. The summed E-state index contributed by atoms with van der Waals surface area (Å²) in [6.45, 7) is 1.84. The summed E-state index contributed by atoms with van der Waals surface area (Å²) in [6, 6.07) is 4.31. The number of carbonyl (C=O) groups excluding carboxylic acids is 1. The van der Waals surface area contributed by atoms with Gasteiger partial charge in [-0.25, -0.2) is 4.39 Å². The molecule has 0 atom stereocenters. The van der Waals surface area contributed by atoms with E-state index in [4.69, 9.17) is 9.47 Å². The fourth-order valence-corrected chi connectivity index (χ4v) is 4.07. The maximum atomic E-state index is 13.8. The number of aromatic nitrogens is 3. The van der Waals surface area contributed by atoms with Gasteiger partial charge in [-0.3, -0.25) is 9.48 Å². The van der Waals surface area contributed by atoms with Crippen LogP contribution in [0.2, 0.25) is 0 Å². The zero-order chi connectivity index (χ0) is 19.8. The first-order valence-corrected chi connectivity index (χ1v) is 9.82. The third-order valence-corrected chi connectivity index (χ3v) is 5.49. The van der Waals surface area contributed by atoms with Gasteiger partial charge in [-0.15, -0.1) is 5.10 Å². The van der Waals surface area contributed by atoms with Gasteiger partial charge in [0.05, 0.1) is 24.6 Å². The molecule has 1 fully saturated rings. The molecule has 1 spiro atoms. The fraction of sp³-hybridized carbons (Fsp3) is 0.381. The van der Waals surface area contributed by atoms with Crippen LogP contribution in [0, 0.1) is 5.82 Å². The van der Waals surface area contributed by atoms with E-state index in [1.807, 2.05) is 23.0 Å². The highest BCUT2D eigenvalue weighted by Gasteiger charge is 2.56. The predicted molar refractivity (Wildman–Crippen MR) is 103 cm³/mol. The number of aryl methyl sites for hydroxylation is 1. The highest BCUT2D eigenvalue weighted by atomic mass is 19.1. The van der Waals surface area contributed by atoms with Crippen LogP contribution < -0.4 is 4.90 Å². The van der Waals surface area contributed by atoms with Crippen LogP contribution in [0.3, 0.4) is 0 Å². The van der Waals surface area contributed by atoms with Gasteiger partial charge in [-0.2, -0.15) is 0 Å². The zero-order valence-corrected chi connectivity index (χ0v) is 15.8. The third kappa shape index (κ3) is 3.08. The normalized spacial score (nSPS) is 19.8. The third-order valence-electron chi connectivity index (χ3n) is 5.49. The number of anilines is 1. The van der Waals surface area contributed by atoms with Crippen molar-refractivity contribution in [2.45, 2.75) is 31.1 Å². The second kappa shape index (κ2) is 7.20. The van der Waals surface area contributed by atoms with Crippen molar-refractivity contribution in [3.63, 3.8) is 0 Å². The molecule has 0 unspecified atom stereocenters. The SMILES string of the molecule is O=C1N(CCCCn2cc(C3C=CC=C3)nn2)c2ccc(F)cc2C12OCCO2. The van der Waals surface area contributed by atoms with E-state index in [1.165, 1.54) is 12.1 Å². The van der Waals surface area contributed by atoms with Gasteiger partial charge >= 0.3 is 0 Å². The Morgan fingerprint density at radius 2 is 1.90 bits per heavy atom. The van der Waals surface area contributed by atoms with Crippen LogP contribution in [0.4, 0.5) is 10.1 Å². The molecule has 8 heteroatoms. The van der Waals surface area contributed by atoms with Gasteiger partial charge in [0.1, 0.15) is 5.82 Å². The summed E-state index contributed by atoms with van der Waals surface area (Å²) in [5.41, 5.74) is 2.04. The number of hydrogen-bond donors (Lipinski definition) is 0. The Morgan fingerprint density at radius 1 is 1.14 bits per heavy atom. The lowest BCUT2D eigenvalue weighted by atomic mass is 10.1. The molecule has 0 N–H and O–H groups in total. The first-order valence-electron chi connectivity index (χ1n) is 9.82. The number of fused-ring (bicyclic) bond motifs is 2. The first kappa shape index (κ1) is 18.2. The topological polar surface area (TPSA) is 69.5 Å². The Hall–Kier alpha value is -2.84. The standard InChI is InChI=1S/C21H21FN4O3/c22-16-7-8-19-17(13-16)21(28-11-12-29-21)20(27)26(19)10-4-3-9-25-14-18(23-24-25)15-5-1-2-6-15/h1-2,5-8,13-15H,3-4,9-12H2. The highest BCUT2D eigenvalue weighted by molar-refractivity contribution is 6.06. The van der Waals surface area contributed by atoms with E-state index < -0.39 is 11.6 Å². The Bertz CT molecular complexity index is 982. The summed E-state index contributed by atoms with van der Waals surface area (Å²) < 4.78 is 26.9. The molecule has 2 aliphatic heterocycles. The quantitative estimate of drug-likeness (QED) is 0.702. The largest absolute Gasteiger partial charge is 0.336 e. The lowest BCUT2D eigenvalue weighted by molar-refractivity contribution is -0.180. The van der Waals surface area contributed by atoms with Crippen LogP contribution in [0.25, 0.3) is 0 Å². The summed E-state index contributed by atoms with van der Waals surface area (Å²) in [7, 11) is 0. The van der Waals surface area contributed by atoms with E-state index in [0.717, 1.165) is 18.5 Å². The van der Waals surface area contributed by atoms with E-state index >= 15 is 0 Å². The molecule has 0 saturated carbocycles. The van der Waals surface area contributed by atoms with Crippen LogP contribution in [0.5, 0.6) is 0 Å². The summed E-state index contributed by atoms with van der Waals surface area (Å²) in [6.07, 6.45) is 11.7. The summed E-state index contributed by atoms with van der Waals surface area (Å²) in [5, 5.41) is 8.42. The van der Waals surface area contributed by atoms with Crippen molar-refractivity contribution in [1.82, 2.24) is 15.0 Å². The van der Waals surface area contributed by atoms with Crippen molar-refractivity contribution in [3.05, 3.63) is 65.8 Å². The van der Waals surface area contributed by atoms with Gasteiger partial charge in [-0.05, 0) is 31.0 Å². The molecular weight excluding hydrogens is 375 g/mol. The molecule has 1 aliphatic carbocycles. The van der Waals surface area contributed by atoms with E-state index in [9.17, 15) is 9.18 Å². The molecule has 0 bridgehead atoms. The predicted octanol–water partition coefficient (Wildman–Crippen LogP) is 2.65. The number of nitrogens with zero attached hydrogens (tertiary/aromatic N) is 4. The number of rotatable bonds is 6. The lowest BCUT2D eigenvalue weighted by Gasteiger charge is -2.22. The number of carbonyl (C=O) groups is 1.